The Balaban J connectivity index is 2.89. The number of benzene rings is 1. The molecule has 0 fully saturated rings. The second-order valence-corrected chi connectivity index (χ2v) is 6.86. The van der Waals surface area contributed by atoms with Gasteiger partial charge in [0.2, 0.25) is 0 Å². The predicted molar refractivity (Wildman–Crippen MR) is 94.5 cm³/mol. The maximum atomic E-state index is 12.2. The van der Waals surface area contributed by atoms with E-state index in [0.29, 0.717) is 24.3 Å². The van der Waals surface area contributed by atoms with Crippen molar-refractivity contribution in [2.75, 3.05) is 11.9 Å². The molecule has 4 heteroatoms. The van der Waals surface area contributed by atoms with Crippen LogP contribution < -0.4 is 16.4 Å². The summed E-state index contributed by atoms with van der Waals surface area (Å²) in [5.74, 6) is 1.05. The summed E-state index contributed by atoms with van der Waals surface area (Å²) in [7, 11) is 0. The van der Waals surface area contributed by atoms with Gasteiger partial charge in [-0.3, -0.25) is 0 Å². The lowest BCUT2D eigenvalue weighted by Crippen LogP contribution is -2.42. The van der Waals surface area contributed by atoms with Gasteiger partial charge in [-0.05, 0) is 28.9 Å². The minimum atomic E-state index is -0.189. The molecular formula is C18H31N3O. The van der Waals surface area contributed by atoms with Gasteiger partial charge in [-0.25, -0.2) is 4.79 Å². The highest BCUT2D eigenvalue weighted by molar-refractivity contribution is 5.91. The van der Waals surface area contributed by atoms with Crippen LogP contribution >= 0.6 is 0 Å². The Kier molecular flexibility index (Phi) is 6.88. The van der Waals surface area contributed by atoms with Gasteiger partial charge in [0.15, 0.2) is 0 Å². The molecule has 4 nitrogen and oxygen atoms in total. The number of anilines is 1. The third kappa shape index (κ3) is 5.02. The van der Waals surface area contributed by atoms with E-state index < -0.39 is 0 Å². The number of para-hydroxylation sites is 1. The molecule has 22 heavy (non-hydrogen) atoms. The van der Waals surface area contributed by atoms with Crippen LogP contribution in [0.4, 0.5) is 10.5 Å². The molecule has 0 aliphatic heterocycles. The maximum absolute atomic E-state index is 12.2. The molecule has 0 aliphatic carbocycles. The maximum Gasteiger partial charge on any atom is 0.319 e. The van der Waals surface area contributed by atoms with Crippen LogP contribution in [0.3, 0.4) is 0 Å². The molecule has 0 saturated heterocycles. The Hall–Kier alpha value is -1.55. The van der Waals surface area contributed by atoms with Crippen molar-refractivity contribution in [3.05, 3.63) is 29.3 Å². The van der Waals surface area contributed by atoms with E-state index in [2.05, 4.69) is 70.4 Å². The molecule has 0 heterocycles. The van der Waals surface area contributed by atoms with Crippen molar-refractivity contribution in [1.82, 2.24) is 5.32 Å². The number of carbonyl (C=O) groups is 1. The third-order valence-corrected chi connectivity index (χ3v) is 3.97. The van der Waals surface area contributed by atoms with Crippen LogP contribution in [0.5, 0.6) is 0 Å². The number of hydrogen-bond donors (Lipinski definition) is 3. The Morgan fingerprint density at radius 2 is 1.55 bits per heavy atom. The van der Waals surface area contributed by atoms with Crippen molar-refractivity contribution < 1.29 is 4.79 Å². The zero-order chi connectivity index (χ0) is 16.9. The molecule has 1 aromatic rings. The SMILES string of the molecule is CC(C)c1cccc(C(C)C)c1NC(=O)NC[C@@H](N)C(C)C. The second kappa shape index (κ2) is 8.18. The second-order valence-electron chi connectivity index (χ2n) is 6.86. The molecule has 2 amide bonds. The predicted octanol–water partition coefficient (Wildman–Crippen LogP) is 4.04. The van der Waals surface area contributed by atoms with Gasteiger partial charge in [0.25, 0.3) is 0 Å². The van der Waals surface area contributed by atoms with Gasteiger partial charge in [-0.1, -0.05) is 59.7 Å². The summed E-state index contributed by atoms with van der Waals surface area (Å²) in [6.45, 7) is 13.1. The van der Waals surface area contributed by atoms with Crippen molar-refractivity contribution in [2.24, 2.45) is 11.7 Å². The number of nitrogens with two attached hydrogens (primary N) is 1. The smallest absolute Gasteiger partial charge is 0.319 e. The van der Waals surface area contributed by atoms with Crippen LogP contribution in [0.2, 0.25) is 0 Å². The minimum Gasteiger partial charge on any atom is -0.336 e. The lowest BCUT2D eigenvalue weighted by molar-refractivity contribution is 0.250. The Bertz CT molecular complexity index is 469. The number of amides is 2. The fraction of sp³-hybridized carbons (Fsp3) is 0.611. The van der Waals surface area contributed by atoms with Crippen molar-refractivity contribution in [3.63, 3.8) is 0 Å². The average molecular weight is 305 g/mol. The molecular weight excluding hydrogens is 274 g/mol. The molecule has 0 bridgehead atoms. The number of carbonyl (C=O) groups excluding carboxylic acids is 1. The largest absolute Gasteiger partial charge is 0.336 e. The van der Waals surface area contributed by atoms with E-state index in [1.54, 1.807) is 0 Å². The molecule has 0 saturated carbocycles. The van der Waals surface area contributed by atoms with Crippen molar-refractivity contribution in [3.8, 4) is 0 Å². The number of urea groups is 1. The first kappa shape index (κ1) is 18.5. The quantitative estimate of drug-likeness (QED) is 0.742. The summed E-state index contributed by atoms with van der Waals surface area (Å²) < 4.78 is 0. The first-order valence-electron chi connectivity index (χ1n) is 8.17. The standard InChI is InChI=1S/C18H31N3O/c1-11(2)14-8-7-9-15(12(3)4)17(14)21-18(22)20-10-16(19)13(5)6/h7-9,11-13,16H,10,19H2,1-6H3,(H2,20,21,22)/t16-/m1/s1. The monoisotopic (exact) mass is 305 g/mol. The summed E-state index contributed by atoms with van der Waals surface area (Å²) in [5.41, 5.74) is 9.23. The highest BCUT2D eigenvalue weighted by Crippen LogP contribution is 2.32. The van der Waals surface area contributed by atoms with Crippen LogP contribution in [0.25, 0.3) is 0 Å². The van der Waals surface area contributed by atoms with Gasteiger partial charge in [0, 0.05) is 18.3 Å². The summed E-state index contributed by atoms with van der Waals surface area (Å²) >= 11 is 0. The van der Waals surface area contributed by atoms with Gasteiger partial charge >= 0.3 is 6.03 Å². The third-order valence-electron chi connectivity index (χ3n) is 3.97. The first-order valence-corrected chi connectivity index (χ1v) is 8.17. The normalized spacial score (nSPS) is 12.8. The fourth-order valence-corrected chi connectivity index (χ4v) is 2.30. The zero-order valence-corrected chi connectivity index (χ0v) is 14.7. The van der Waals surface area contributed by atoms with Gasteiger partial charge < -0.3 is 16.4 Å². The van der Waals surface area contributed by atoms with Crippen LogP contribution in [-0.4, -0.2) is 18.6 Å². The Morgan fingerprint density at radius 1 is 1.05 bits per heavy atom. The van der Waals surface area contributed by atoms with Crippen molar-refractivity contribution in [2.45, 2.75) is 59.4 Å². The molecule has 0 unspecified atom stereocenters. The van der Waals surface area contributed by atoms with Crippen molar-refractivity contribution in [1.29, 1.82) is 0 Å². The number of nitrogens with one attached hydrogen (secondary N) is 2. The van der Waals surface area contributed by atoms with Gasteiger partial charge in [0.05, 0.1) is 0 Å². The topological polar surface area (TPSA) is 67.2 Å². The van der Waals surface area contributed by atoms with Crippen LogP contribution in [0.15, 0.2) is 18.2 Å². The molecule has 124 valence electrons. The fourth-order valence-electron chi connectivity index (χ4n) is 2.30. The molecule has 1 rings (SSSR count). The average Bonchev–Trinajstić information content (AvgIpc) is 2.44. The summed E-state index contributed by atoms with van der Waals surface area (Å²) in [6, 6.07) is 5.99. The van der Waals surface area contributed by atoms with E-state index in [1.165, 1.54) is 0 Å². The summed E-state index contributed by atoms with van der Waals surface area (Å²) in [5, 5.41) is 5.90. The molecule has 0 radical (unpaired) electrons. The molecule has 1 atom stereocenters. The van der Waals surface area contributed by atoms with E-state index in [1.807, 2.05) is 0 Å². The minimum absolute atomic E-state index is 0.0318. The lowest BCUT2D eigenvalue weighted by Gasteiger charge is -2.21. The molecule has 0 spiro atoms. The van der Waals surface area contributed by atoms with E-state index in [-0.39, 0.29) is 12.1 Å². The first-order chi connectivity index (χ1) is 10.2. The summed E-state index contributed by atoms with van der Waals surface area (Å²) in [6.07, 6.45) is 0. The molecule has 0 aromatic heterocycles. The number of rotatable bonds is 6. The Morgan fingerprint density at radius 3 is 1.95 bits per heavy atom. The highest BCUT2D eigenvalue weighted by Gasteiger charge is 2.16. The molecule has 1 aromatic carbocycles. The van der Waals surface area contributed by atoms with E-state index in [9.17, 15) is 4.79 Å². The van der Waals surface area contributed by atoms with Gasteiger partial charge in [-0.2, -0.15) is 0 Å². The molecule has 0 aliphatic rings. The number of hydrogen-bond acceptors (Lipinski definition) is 2. The Labute approximate surface area is 134 Å². The van der Waals surface area contributed by atoms with Crippen LogP contribution in [0.1, 0.15) is 64.5 Å². The van der Waals surface area contributed by atoms with E-state index in [0.717, 1.165) is 16.8 Å². The van der Waals surface area contributed by atoms with Gasteiger partial charge in [0.1, 0.15) is 0 Å². The lowest BCUT2D eigenvalue weighted by atomic mass is 9.93. The highest BCUT2D eigenvalue weighted by atomic mass is 16.2. The zero-order valence-electron chi connectivity index (χ0n) is 14.7. The van der Waals surface area contributed by atoms with Crippen LogP contribution in [-0.2, 0) is 0 Å². The van der Waals surface area contributed by atoms with E-state index >= 15 is 0 Å². The van der Waals surface area contributed by atoms with Gasteiger partial charge in [-0.15, -0.1) is 0 Å². The van der Waals surface area contributed by atoms with E-state index in [4.69, 9.17) is 5.73 Å². The van der Waals surface area contributed by atoms with Crippen LogP contribution in [0, 0.1) is 5.92 Å². The molecule has 4 N–H and O–H groups in total. The summed E-state index contributed by atoms with van der Waals surface area (Å²) in [4.78, 5) is 12.2. The van der Waals surface area contributed by atoms with Crippen molar-refractivity contribution >= 4 is 11.7 Å².